The topological polar surface area (TPSA) is 57.8 Å². The number of hydrogen-bond acceptors (Lipinski definition) is 3. The Bertz CT molecular complexity index is 829. The van der Waals surface area contributed by atoms with Gasteiger partial charge in [-0.1, -0.05) is 60.3 Å². The van der Waals surface area contributed by atoms with Crippen molar-refractivity contribution >= 4 is 23.4 Å². The van der Waals surface area contributed by atoms with Crippen molar-refractivity contribution < 1.29 is 4.79 Å². The Morgan fingerprint density at radius 2 is 1.83 bits per heavy atom. The minimum absolute atomic E-state index is 0.0352. The number of para-hydroxylation sites is 1. The molecule has 0 fully saturated rings. The first-order valence-corrected chi connectivity index (χ1v) is 8.65. The van der Waals surface area contributed by atoms with Crippen LogP contribution in [0.25, 0.3) is 11.3 Å². The van der Waals surface area contributed by atoms with Crippen molar-refractivity contribution in [2.24, 2.45) is 0 Å². The van der Waals surface area contributed by atoms with E-state index in [-0.39, 0.29) is 11.2 Å². The van der Waals surface area contributed by atoms with Crippen LogP contribution in [-0.4, -0.2) is 21.1 Å². The van der Waals surface area contributed by atoms with Crippen LogP contribution in [0, 0.1) is 6.92 Å². The van der Waals surface area contributed by atoms with Crippen LogP contribution in [0.2, 0.25) is 0 Å². The minimum atomic E-state index is -0.251. The van der Waals surface area contributed by atoms with Crippen LogP contribution < -0.4 is 5.32 Å². The van der Waals surface area contributed by atoms with Crippen LogP contribution in [0.5, 0.6) is 0 Å². The maximum Gasteiger partial charge on any atom is 0.237 e. The summed E-state index contributed by atoms with van der Waals surface area (Å²) in [6.07, 6.45) is 1.80. The Kier molecular flexibility index (Phi) is 5.01. The van der Waals surface area contributed by atoms with E-state index in [0.717, 1.165) is 27.7 Å². The molecule has 2 N–H and O–H groups in total. The maximum atomic E-state index is 12.4. The number of aromatic amines is 1. The summed E-state index contributed by atoms with van der Waals surface area (Å²) in [5, 5.41) is 3.45. The molecule has 5 heteroatoms. The van der Waals surface area contributed by atoms with Gasteiger partial charge in [0.2, 0.25) is 5.91 Å². The van der Waals surface area contributed by atoms with Crippen LogP contribution in [0.4, 0.5) is 5.69 Å². The molecule has 3 rings (SSSR count). The minimum Gasteiger partial charge on any atom is -0.333 e. The van der Waals surface area contributed by atoms with Crippen molar-refractivity contribution in [1.82, 2.24) is 9.97 Å². The molecule has 0 aliphatic carbocycles. The van der Waals surface area contributed by atoms with Gasteiger partial charge in [0.15, 0.2) is 5.16 Å². The molecule has 4 nitrogen and oxygen atoms in total. The second-order valence-electron chi connectivity index (χ2n) is 5.53. The standard InChI is InChI=1S/C19H19N3OS/c1-13-8-6-7-11-16(13)21-18(23)14(2)24-19-20-12-17(22-19)15-9-4-3-5-10-15/h3-12,14H,1-2H3,(H,20,22)(H,21,23). The maximum absolute atomic E-state index is 12.4. The van der Waals surface area contributed by atoms with Gasteiger partial charge in [0.25, 0.3) is 0 Å². The number of aryl methyl sites for hydroxylation is 1. The number of H-pyrrole nitrogens is 1. The first kappa shape index (κ1) is 16.3. The number of imidazole rings is 1. The molecule has 0 spiro atoms. The fourth-order valence-corrected chi connectivity index (χ4v) is 3.08. The second kappa shape index (κ2) is 7.36. The fraction of sp³-hybridized carbons (Fsp3) is 0.158. The summed E-state index contributed by atoms with van der Waals surface area (Å²) in [7, 11) is 0. The van der Waals surface area contributed by atoms with Crippen LogP contribution in [0.1, 0.15) is 12.5 Å². The van der Waals surface area contributed by atoms with E-state index in [1.165, 1.54) is 11.8 Å². The highest BCUT2D eigenvalue weighted by atomic mass is 32.2. The molecule has 2 aromatic carbocycles. The third-order valence-electron chi connectivity index (χ3n) is 3.70. The average Bonchev–Trinajstić information content (AvgIpc) is 3.06. The zero-order chi connectivity index (χ0) is 16.9. The van der Waals surface area contributed by atoms with Crippen LogP contribution >= 0.6 is 11.8 Å². The van der Waals surface area contributed by atoms with Gasteiger partial charge in [-0.3, -0.25) is 4.79 Å². The molecule has 24 heavy (non-hydrogen) atoms. The number of nitrogens with one attached hydrogen (secondary N) is 2. The van der Waals surface area contributed by atoms with E-state index < -0.39 is 0 Å². The summed E-state index contributed by atoms with van der Waals surface area (Å²) >= 11 is 1.41. The van der Waals surface area contributed by atoms with Crippen molar-refractivity contribution in [3.05, 3.63) is 66.4 Å². The van der Waals surface area contributed by atoms with Gasteiger partial charge < -0.3 is 10.3 Å². The monoisotopic (exact) mass is 337 g/mol. The predicted octanol–water partition coefficient (Wildman–Crippen LogP) is 4.50. The molecule has 1 aromatic heterocycles. The predicted molar refractivity (Wildman–Crippen MR) is 99.2 cm³/mol. The van der Waals surface area contributed by atoms with Crippen molar-refractivity contribution in [1.29, 1.82) is 0 Å². The van der Waals surface area contributed by atoms with E-state index in [9.17, 15) is 4.79 Å². The van der Waals surface area contributed by atoms with Gasteiger partial charge in [-0.15, -0.1) is 0 Å². The van der Waals surface area contributed by atoms with Crippen molar-refractivity contribution in [2.45, 2.75) is 24.3 Å². The number of amides is 1. The molecule has 3 aromatic rings. The molecular weight excluding hydrogens is 318 g/mol. The Morgan fingerprint density at radius 1 is 1.12 bits per heavy atom. The zero-order valence-electron chi connectivity index (χ0n) is 13.6. The summed E-state index contributed by atoms with van der Waals surface area (Å²) in [6.45, 7) is 3.86. The largest absolute Gasteiger partial charge is 0.333 e. The number of hydrogen-bond donors (Lipinski definition) is 2. The molecule has 0 aliphatic rings. The molecule has 0 bridgehead atoms. The zero-order valence-corrected chi connectivity index (χ0v) is 14.4. The van der Waals surface area contributed by atoms with E-state index in [4.69, 9.17) is 0 Å². The highest BCUT2D eigenvalue weighted by Gasteiger charge is 2.17. The van der Waals surface area contributed by atoms with Crippen LogP contribution in [0.15, 0.2) is 66.0 Å². The molecule has 0 radical (unpaired) electrons. The molecule has 122 valence electrons. The molecule has 1 amide bonds. The Labute approximate surface area is 145 Å². The summed E-state index contributed by atoms with van der Waals surface area (Å²) in [5.41, 5.74) is 3.92. The van der Waals surface area contributed by atoms with E-state index >= 15 is 0 Å². The molecular formula is C19H19N3OS. The first-order valence-electron chi connectivity index (χ1n) is 7.77. The lowest BCUT2D eigenvalue weighted by Gasteiger charge is -2.12. The SMILES string of the molecule is Cc1ccccc1NC(=O)C(C)Sc1ncc(-c2ccccc2)[nH]1. The van der Waals surface area contributed by atoms with Gasteiger partial charge in [0, 0.05) is 5.69 Å². The number of aromatic nitrogens is 2. The van der Waals surface area contributed by atoms with Gasteiger partial charge >= 0.3 is 0 Å². The summed E-state index contributed by atoms with van der Waals surface area (Å²) < 4.78 is 0. The van der Waals surface area contributed by atoms with Gasteiger partial charge in [-0.05, 0) is 31.0 Å². The van der Waals surface area contributed by atoms with E-state index in [1.54, 1.807) is 6.20 Å². The van der Waals surface area contributed by atoms with E-state index in [2.05, 4.69) is 15.3 Å². The van der Waals surface area contributed by atoms with Gasteiger partial charge in [0.1, 0.15) is 0 Å². The third kappa shape index (κ3) is 3.86. The average molecular weight is 337 g/mol. The van der Waals surface area contributed by atoms with Gasteiger partial charge in [-0.25, -0.2) is 4.98 Å². The van der Waals surface area contributed by atoms with Crippen LogP contribution in [-0.2, 0) is 4.79 Å². The normalized spacial score (nSPS) is 11.9. The Balaban J connectivity index is 1.65. The Morgan fingerprint density at radius 3 is 2.58 bits per heavy atom. The molecule has 1 unspecified atom stereocenters. The number of nitrogens with zero attached hydrogens (tertiary/aromatic N) is 1. The summed E-state index contributed by atoms with van der Waals surface area (Å²) in [5.74, 6) is -0.0352. The van der Waals surface area contributed by atoms with Gasteiger partial charge in [0.05, 0.1) is 17.1 Å². The second-order valence-corrected chi connectivity index (χ2v) is 6.86. The van der Waals surface area contributed by atoms with Crippen molar-refractivity contribution in [3.8, 4) is 11.3 Å². The number of carbonyl (C=O) groups is 1. The van der Waals surface area contributed by atoms with E-state index in [1.807, 2.05) is 68.4 Å². The number of rotatable bonds is 5. The van der Waals surface area contributed by atoms with E-state index in [0.29, 0.717) is 0 Å². The lowest BCUT2D eigenvalue weighted by molar-refractivity contribution is -0.115. The van der Waals surface area contributed by atoms with Crippen molar-refractivity contribution in [2.75, 3.05) is 5.32 Å². The molecule has 1 heterocycles. The van der Waals surface area contributed by atoms with Crippen molar-refractivity contribution in [3.63, 3.8) is 0 Å². The number of anilines is 1. The number of thioether (sulfide) groups is 1. The Hall–Kier alpha value is -2.53. The molecule has 0 aliphatic heterocycles. The lowest BCUT2D eigenvalue weighted by Crippen LogP contribution is -2.22. The summed E-state index contributed by atoms with van der Waals surface area (Å²) in [6, 6.07) is 17.8. The smallest absolute Gasteiger partial charge is 0.237 e. The number of carbonyl (C=O) groups excluding carboxylic acids is 1. The molecule has 1 atom stereocenters. The summed E-state index contributed by atoms with van der Waals surface area (Å²) in [4.78, 5) is 20.0. The number of benzene rings is 2. The third-order valence-corrected chi connectivity index (χ3v) is 4.70. The highest BCUT2D eigenvalue weighted by Crippen LogP contribution is 2.25. The highest BCUT2D eigenvalue weighted by molar-refractivity contribution is 8.00. The molecule has 0 saturated heterocycles. The first-order chi connectivity index (χ1) is 11.6. The fourth-order valence-electron chi connectivity index (χ4n) is 2.30. The quantitative estimate of drug-likeness (QED) is 0.674. The van der Waals surface area contributed by atoms with Crippen LogP contribution in [0.3, 0.4) is 0 Å². The van der Waals surface area contributed by atoms with Gasteiger partial charge in [-0.2, -0.15) is 0 Å². The lowest BCUT2D eigenvalue weighted by atomic mass is 10.2. The molecule has 0 saturated carbocycles.